The highest BCUT2D eigenvalue weighted by Gasteiger charge is 2.30. The van der Waals surface area contributed by atoms with Crippen LogP contribution in [0.4, 0.5) is 0 Å². The van der Waals surface area contributed by atoms with Gasteiger partial charge in [-0.1, -0.05) is 0 Å². The zero-order valence-corrected chi connectivity index (χ0v) is 16.4. The van der Waals surface area contributed by atoms with Crippen molar-refractivity contribution in [3.05, 3.63) is 26.6 Å². The van der Waals surface area contributed by atoms with Crippen molar-refractivity contribution in [3.8, 4) is 0 Å². The third-order valence-electron chi connectivity index (χ3n) is 4.86. The molecule has 1 amide bonds. The first-order valence-electron chi connectivity index (χ1n) is 9.01. The van der Waals surface area contributed by atoms with Crippen molar-refractivity contribution in [2.45, 2.75) is 45.2 Å². The lowest BCUT2D eigenvalue weighted by Crippen LogP contribution is -2.44. The van der Waals surface area contributed by atoms with E-state index in [4.69, 9.17) is 0 Å². The zero-order valence-electron chi connectivity index (χ0n) is 15.5. The first-order valence-corrected chi connectivity index (χ1v) is 9.83. The first kappa shape index (κ1) is 19.0. The van der Waals surface area contributed by atoms with E-state index >= 15 is 0 Å². The molecule has 1 aliphatic rings. The average molecular weight is 378 g/mol. The van der Waals surface area contributed by atoms with Crippen LogP contribution in [0.25, 0.3) is 10.2 Å². The molecule has 0 saturated carbocycles. The molecule has 0 radical (unpaired) electrons. The summed E-state index contributed by atoms with van der Waals surface area (Å²) < 4.78 is 0. The quantitative estimate of drug-likeness (QED) is 0.827. The Labute approximate surface area is 156 Å². The highest BCUT2D eigenvalue weighted by atomic mass is 32.1. The van der Waals surface area contributed by atoms with Gasteiger partial charge in [0.05, 0.1) is 16.8 Å². The van der Waals surface area contributed by atoms with E-state index in [0.29, 0.717) is 46.0 Å². The molecule has 26 heavy (non-hydrogen) atoms. The summed E-state index contributed by atoms with van der Waals surface area (Å²) in [6.45, 7) is 3.14. The van der Waals surface area contributed by atoms with Gasteiger partial charge in [-0.05, 0) is 52.3 Å². The summed E-state index contributed by atoms with van der Waals surface area (Å²) >= 11 is 1.30. The summed E-state index contributed by atoms with van der Waals surface area (Å²) in [7, 11) is 3.83. The fourth-order valence-corrected chi connectivity index (χ4v) is 4.77. The number of thiophene rings is 1. The van der Waals surface area contributed by atoms with Gasteiger partial charge in [0.1, 0.15) is 10.7 Å². The number of carbonyl (C=O) groups excluding carboxylic acids is 1. The molecule has 1 saturated heterocycles. The topological polar surface area (TPSA) is 89.5 Å². The minimum atomic E-state index is -0.190. The Morgan fingerprint density at radius 3 is 2.88 bits per heavy atom. The lowest BCUT2D eigenvalue weighted by atomic mass is 9.99. The zero-order chi connectivity index (χ0) is 18.8. The van der Waals surface area contributed by atoms with Crippen LogP contribution in [0.5, 0.6) is 0 Å². The molecule has 1 fully saturated rings. The highest BCUT2D eigenvalue weighted by molar-refractivity contribution is 7.20. The number of rotatable bonds is 5. The number of nitrogens with zero attached hydrogens (tertiary/aromatic N) is 3. The predicted molar refractivity (Wildman–Crippen MR) is 103 cm³/mol. The van der Waals surface area contributed by atoms with Crippen molar-refractivity contribution < 1.29 is 9.90 Å². The molecule has 1 aliphatic heterocycles. The number of hydrogen-bond acceptors (Lipinski definition) is 6. The maximum Gasteiger partial charge on any atom is 0.264 e. The Kier molecular flexibility index (Phi) is 5.74. The molecule has 142 valence electrons. The van der Waals surface area contributed by atoms with Crippen molar-refractivity contribution in [2.24, 2.45) is 0 Å². The summed E-state index contributed by atoms with van der Waals surface area (Å²) in [6, 6.07) is 0.0707. The van der Waals surface area contributed by atoms with Crippen LogP contribution in [0.15, 0.2) is 4.79 Å². The number of piperidine rings is 1. The molecule has 2 aromatic rings. The van der Waals surface area contributed by atoms with Gasteiger partial charge in [-0.25, -0.2) is 4.98 Å². The average Bonchev–Trinajstić information content (AvgIpc) is 2.91. The standard InChI is InChI=1S/C18H26N4O3S/c1-11-14-16(24)19-13(10-21(2)3)20-17(14)26-15(11)18(25)22-8-5-4-6-12(22)7-9-23/h12,23H,4-10H2,1-3H3,(H,19,20,24). The van der Waals surface area contributed by atoms with Gasteiger partial charge >= 0.3 is 0 Å². The molecule has 1 unspecified atom stereocenters. The minimum absolute atomic E-state index is 0.0443. The number of aromatic amines is 1. The van der Waals surface area contributed by atoms with Crippen molar-refractivity contribution in [2.75, 3.05) is 27.2 Å². The molecule has 0 bridgehead atoms. The van der Waals surface area contributed by atoms with E-state index in [0.717, 1.165) is 19.3 Å². The van der Waals surface area contributed by atoms with E-state index in [9.17, 15) is 14.7 Å². The summed E-state index contributed by atoms with van der Waals surface area (Å²) in [5.74, 6) is 0.557. The maximum absolute atomic E-state index is 13.2. The number of aliphatic hydroxyl groups is 1. The normalized spacial score (nSPS) is 18.0. The molecule has 8 heteroatoms. The van der Waals surface area contributed by atoms with Crippen LogP contribution in [-0.2, 0) is 6.54 Å². The molecular formula is C18H26N4O3S. The fourth-order valence-electron chi connectivity index (χ4n) is 3.61. The Bertz CT molecular complexity index is 856. The summed E-state index contributed by atoms with van der Waals surface area (Å²) in [5, 5.41) is 9.81. The molecule has 2 aromatic heterocycles. The lowest BCUT2D eigenvalue weighted by Gasteiger charge is -2.35. The first-order chi connectivity index (χ1) is 12.4. The van der Waals surface area contributed by atoms with Crippen LogP contribution in [0.1, 0.15) is 46.7 Å². The summed E-state index contributed by atoms with van der Waals surface area (Å²) in [4.78, 5) is 38.0. The van der Waals surface area contributed by atoms with Crippen molar-refractivity contribution in [1.82, 2.24) is 19.8 Å². The summed E-state index contributed by atoms with van der Waals surface area (Å²) in [5.41, 5.74) is 0.513. The van der Waals surface area contributed by atoms with E-state index < -0.39 is 0 Å². The number of H-pyrrole nitrogens is 1. The second-order valence-electron chi connectivity index (χ2n) is 7.15. The molecule has 0 aromatic carbocycles. The number of hydrogen-bond donors (Lipinski definition) is 2. The van der Waals surface area contributed by atoms with Crippen LogP contribution < -0.4 is 5.56 Å². The predicted octanol–water partition coefficient (Wildman–Crippen LogP) is 1.73. The van der Waals surface area contributed by atoms with Crippen LogP contribution >= 0.6 is 11.3 Å². The number of amides is 1. The van der Waals surface area contributed by atoms with E-state index in [-0.39, 0.29) is 24.1 Å². The van der Waals surface area contributed by atoms with E-state index in [1.165, 1.54) is 11.3 Å². The maximum atomic E-state index is 13.2. The van der Waals surface area contributed by atoms with Crippen LogP contribution in [0.3, 0.4) is 0 Å². The van der Waals surface area contributed by atoms with Crippen molar-refractivity contribution in [1.29, 1.82) is 0 Å². The number of likely N-dealkylation sites (tertiary alicyclic amines) is 1. The SMILES string of the molecule is Cc1c(C(=O)N2CCCCC2CCO)sc2nc(CN(C)C)[nH]c(=O)c12. The van der Waals surface area contributed by atoms with Crippen molar-refractivity contribution in [3.63, 3.8) is 0 Å². The van der Waals surface area contributed by atoms with E-state index in [1.807, 2.05) is 30.8 Å². The third-order valence-corrected chi connectivity index (χ3v) is 6.03. The monoisotopic (exact) mass is 378 g/mol. The van der Waals surface area contributed by atoms with Crippen LogP contribution in [0, 0.1) is 6.92 Å². The summed E-state index contributed by atoms with van der Waals surface area (Å²) in [6.07, 6.45) is 3.57. The lowest BCUT2D eigenvalue weighted by molar-refractivity contribution is 0.0579. The van der Waals surface area contributed by atoms with E-state index in [1.54, 1.807) is 0 Å². The Balaban J connectivity index is 1.99. The van der Waals surface area contributed by atoms with Gasteiger partial charge in [0, 0.05) is 19.2 Å². The van der Waals surface area contributed by atoms with Crippen molar-refractivity contribution >= 4 is 27.5 Å². The van der Waals surface area contributed by atoms with Gasteiger partial charge in [0.15, 0.2) is 0 Å². The molecule has 0 spiro atoms. The Morgan fingerprint density at radius 2 is 2.19 bits per heavy atom. The van der Waals surface area contributed by atoms with E-state index in [2.05, 4.69) is 9.97 Å². The van der Waals surface area contributed by atoms with Crippen LogP contribution in [0.2, 0.25) is 0 Å². The van der Waals surface area contributed by atoms with Crippen LogP contribution in [-0.4, -0.2) is 64.1 Å². The van der Waals surface area contributed by atoms with Gasteiger partial charge in [0.25, 0.3) is 11.5 Å². The molecule has 3 rings (SSSR count). The molecule has 0 aliphatic carbocycles. The number of carbonyl (C=O) groups is 1. The fraction of sp³-hybridized carbons (Fsp3) is 0.611. The Hall–Kier alpha value is -1.77. The highest BCUT2D eigenvalue weighted by Crippen LogP contribution is 2.30. The number of aryl methyl sites for hydroxylation is 1. The number of fused-ring (bicyclic) bond motifs is 1. The second-order valence-corrected chi connectivity index (χ2v) is 8.15. The third kappa shape index (κ3) is 3.67. The molecule has 3 heterocycles. The minimum Gasteiger partial charge on any atom is -0.396 e. The molecule has 7 nitrogen and oxygen atoms in total. The second kappa shape index (κ2) is 7.85. The molecular weight excluding hydrogens is 352 g/mol. The van der Waals surface area contributed by atoms with Gasteiger partial charge in [-0.2, -0.15) is 0 Å². The van der Waals surface area contributed by atoms with Gasteiger partial charge < -0.3 is 19.9 Å². The van der Waals surface area contributed by atoms with Gasteiger partial charge in [0.2, 0.25) is 0 Å². The number of aromatic nitrogens is 2. The van der Waals surface area contributed by atoms with Gasteiger partial charge in [-0.15, -0.1) is 11.3 Å². The molecule has 1 atom stereocenters. The molecule has 2 N–H and O–H groups in total. The number of aliphatic hydroxyl groups excluding tert-OH is 1. The Morgan fingerprint density at radius 1 is 1.42 bits per heavy atom. The largest absolute Gasteiger partial charge is 0.396 e. The number of nitrogens with one attached hydrogen (secondary N) is 1. The smallest absolute Gasteiger partial charge is 0.264 e. The van der Waals surface area contributed by atoms with Gasteiger partial charge in [-0.3, -0.25) is 9.59 Å².